The third kappa shape index (κ3) is 2.21. The van der Waals surface area contributed by atoms with Crippen LogP contribution in [-0.4, -0.2) is 16.5 Å². The number of rotatable bonds is 4. The normalized spacial score (nSPS) is 10.8. The van der Waals surface area contributed by atoms with Gasteiger partial charge in [0.15, 0.2) is 0 Å². The van der Waals surface area contributed by atoms with E-state index in [2.05, 4.69) is 5.10 Å². The molecule has 2 nitrogen and oxygen atoms in total. The molecule has 0 atom stereocenters. The van der Waals surface area contributed by atoms with Crippen LogP contribution in [0.1, 0.15) is 23.4 Å². The minimum atomic E-state index is -0.297. The number of hydrogen-bond donors (Lipinski definition) is 0. The van der Waals surface area contributed by atoms with Crippen molar-refractivity contribution in [2.24, 2.45) is 0 Å². The Bertz CT molecular complexity index is 283. The number of aryl methyl sites for hydroxylation is 2. The molecule has 0 aliphatic rings. The van der Waals surface area contributed by atoms with Crippen LogP contribution in [-0.2, 0) is 12.4 Å². The van der Waals surface area contributed by atoms with Crippen molar-refractivity contribution in [1.29, 1.82) is 0 Å². The van der Waals surface area contributed by atoms with Gasteiger partial charge >= 0.3 is 0 Å². The molecule has 1 rings (SSSR count). The third-order valence-electron chi connectivity index (χ3n) is 2.17. The predicted molar refractivity (Wildman–Crippen MR) is 51.9 cm³/mol. The minimum absolute atomic E-state index is 0.297. The molecule has 0 bridgehead atoms. The molecule has 0 amide bonds. The van der Waals surface area contributed by atoms with Crippen molar-refractivity contribution < 1.29 is 4.39 Å². The molecular formula is C9H14ClFN2. The Morgan fingerprint density at radius 2 is 2.15 bits per heavy atom. The van der Waals surface area contributed by atoms with Crippen molar-refractivity contribution in [2.45, 2.75) is 32.7 Å². The summed E-state index contributed by atoms with van der Waals surface area (Å²) in [5.41, 5.74) is 3.08. The van der Waals surface area contributed by atoms with E-state index < -0.39 is 0 Å². The summed E-state index contributed by atoms with van der Waals surface area (Å²) in [5, 5.41) is 4.28. The maximum atomic E-state index is 11.9. The van der Waals surface area contributed by atoms with Crippen LogP contribution in [0, 0.1) is 13.8 Å². The molecule has 74 valence electrons. The highest BCUT2D eigenvalue weighted by atomic mass is 35.5. The van der Waals surface area contributed by atoms with E-state index in [9.17, 15) is 4.39 Å². The Kier molecular flexibility index (Phi) is 3.72. The average Bonchev–Trinajstić information content (AvgIpc) is 2.38. The fourth-order valence-corrected chi connectivity index (χ4v) is 1.74. The fraction of sp³-hybridized carbons (Fsp3) is 0.667. The Morgan fingerprint density at radius 3 is 2.62 bits per heavy atom. The van der Waals surface area contributed by atoms with Gasteiger partial charge in [0.2, 0.25) is 0 Å². The quantitative estimate of drug-likeness (QED) is 0.690. The van der Waals surface area contributed by atoms with Gasteiger partial charge in [0, 0.05) is 17.8 Å². The molecule has 0 N–H and O–H groups in total. The van der Waals surface area contributed by atoms with Gasteiger partial charge < -0.3 is 0 Å². The molecule has 0 radical (unpaired) electrons. The summed E-state index contributed by atoms with van der Waals surface area (Å²) in [6.45, 7) is 4.24. The molecule has 0 saturated heterocycles. The summed E-state index contributed by atoms with van der Waals surface area (Å²) in [6, 6.07) is 0. The molecule has 0 aliphatic heterocycles. The van der Waals surface area contributed by atoms with E-state index in [0.717, 1.165) is 17.0 Å². The van der Waals surface area contributed by atoms with Gasteiger partial charge in [0.05, 0.1) is 18.2 Å². The van der Waals surface area contributed by atoms with Crippen LogP contribution in [0.15, 0.2) is 0 Å². The number of nitrogens with zero attached hydrogens (tertiary/aromatic N) is 2. The van der Waals surface area contributed by atoms with Gasteiger partial charge in [0.1, 0.15) is 0 Å². The number of alkyl halides is 2. The van der Waals surface area contributed by atoms with Crippen LogP contribution in [0.4, 0.5) is 4.39 Å². The molecular weight excluding hydrogens is 191 g/mol. The molecule has 0 fully saturated rings. The smallest absolute Gasteiger partial charge is 0.0912 e. The Balaban J connectivity index is 2.83. The summed E-state index contributed by atoms with van der Waals surface area (Å²) in [6.07, 6.45) is 0.518. The largest absolute Gasteiger partial charge is 0.269 e. The lowest BCUT2D eigenvalue weighted by molar-refractivity contribution is 0.431. The first-order valence-electron chi connectivity index (χ1n) is 4.35. The second kappa shape index (κ2) is 4.61. The molecule has 1 heterocycles. The third-order valence-corrected chi connectivity index (χ3v) is 2.44. The van der Waals surface area contributed by atoms with Crippen LogP contribution in [0.25, 0.3) is 0 Å². The van der Waals surface area contributed by atoms with Crippen molar-refractivity contribution in [2.75, 3.05) is 6.67 Å². The molecule has 0 aromatic carbocycles. The molecule has 0 saturated carbocycles. The first-order chi connectivity index (χ1) is 6.20. The molecule has 1 aromatic rings. The molecule has 0 unspecified atom stereocenters. The van der Waals surface area contributed by atoms with Gasteiger partial charge in [-0.15, -0.1) is 11.6 Å². The molecule has 13 heavy (non-hydrogen) atoms. The standard InChI is InChI=1S/C9H14ClFN2/c1-7-9(6-10)8(2)13(12-7)5-3-4-11/h3-6H2,1-2H3. The van der Waals surface area contributed by atoms with Gasteiger partial charge in [0.25, 0.3) is 0 Å². The second-order valence-electron chi connectivity index (χ2n) is 3.05. The van der Waals surface area contributed by atoms with Crippen LogP contribution >= 0.6 is 11.6 Å². The Labute approximate surface area is 82.7 Å². The Hall–Kier alpha value is -0.570. The van der Waals surface area contributed by atoms with E-state index in [1.807, 2.05) is 18.5 Å². The lowest BCUT2D eigenvalue weighted by Crippen LogP contribution is -2.03. The highest BCUT2D eigenvalue weighted by molar-refractivity contribution is 6.17. The van der Waals surface area contributed by atoms with Crippen molar-refractivity contribution in [3.63, 3.8) is 0 Å². The van der Waals surface area contributed by atoms with Crippen LogP contribution in [0.2, 0.25) is 0 Å². The van der Waals surface area contributed by atoms with Crippen molar-refractivity contribution in [3.8, 4) is 0 Å². The van der Waals surface area contributed by atoms with Crippen LogP contribution in [0.3, 0.4) is 0 Å². The zero-order valence-electron chi connectivity index (χ0n) is 7.98. The summed E-state index contributed by atoms with van der Waals surface area (Å²) in [5.74, 6) is 0.479. The summed E-state index contributed by atoms with van der Waals surface area (Å²) in [4.78, 5) is 0. The van der Waals surface area contributed by atoms with E-state index in [4.69, 9.17) is 11.6 Å². The fourth-order valence-electron chi connectivity index (χ4n) is 1.35. The summed E-state index contributed by atoms with van der Waals surface area (Å²) in [7, 11) is 0. The van der Waals surface area contributed by atoms with Gasteiger partial charge in [-0.1, -0.05) is 0 Å². The lowest BCUT2D eigenvalue weighted by Gasteiger charge is -2.01. The van der Waals surface area contributed by atoms with E-state index >= 15 is 0 Å². The van der Waals surface area contributed by atoms with E-state index in [1.54, 1.807) is 0 Å². The second-order valence-corrected chi connectivity index (χ2v) is 3.32. The first-order valence-corrected chi connectivity index (χ1v) is 4.89. The summed E-state index contributed by atoms with van der Waals surface area (Å²) < 4.78 is 13.8. The monoisotopic (exact) mass is 204 g/mol. The zero-order chi connectivity index (χ0) is 9.84. The number of halogens is 2. The molecule has 0 aliphatic carbocycles. The predicted octanol–water partition coefficient (Wildman–Crippen LogP) is 2.60. The maximum absolute atomic E-state index is 11.9. The van der Waals surface area contributed by atoms with Gasteiger partial charge in [-0.2, -0.15) is 5.10 Å². The lowest BCUT2D eigenvalue weighted by atomic mass is 10.2. The molecule has 1 aromatic heterocycles. The first kappa shape index (κ1) is 10.5. The van der Waals surface area contributed by atoms with Gasteiger partial charge in [-0.3, -0.25) is 9.07 Å². The Morgan fingerprint density at radius 1 is 1.46 bits per heavy atom. The number of aromatic nitrogens is 2. The topological polar surface area (TPSA) is 17.8 Å². The van der Waals surface area contributed by atoms with Crippen molar-refractivity contribution in [1.82, 2.24) is 9.78 Å². The van der Waals surface area contributed by atoms with Crippen molar-refractivity contribution >= 4 is 11.6 Å². The summed E-state index contributed by atoms with van der Waals surface area (Å²) >= 11 is 5.76. The van der Waals surface area contributed by atoms with Crippen molar-refractivity contribution in [3.05, 3.63) is 17.0 Å². The van der Waals surface area contributed by atoms with Gasteiger partial charge in [-0.25, -0.2) is 0 Å². The van der Waals surface area contributed by atoms with Crippen LogP contribution < -0.4 is 0 Å². The maximum Gasteiger partial charge on any atom is 0.0912 e. The zero-order valence-corrected chi connectivity index (χ0v) is 8.73. The minimum Gasteiger partial charge on any atom is -0.269 e. The molecule has 4 heteroatoms. The van der Waals surface area contributed by atoms with E-state index in [1.165, 1.54) is 0 Å². The average molecular weight is 205 g/mol. The highest BCUT2D eigenvalue weighted by Crippen LogP contribution is 2.15. The van der Waals surface area contributed by atoms with E-state index in [0.29, 0.717) is 18.8 Å². The highest BCUT2D eigenvalue weighted by Gasteiger charge is 2.09. The molecule has 0 spiro atoms. The van der Waals surface area contributed by atoms with E-state index in [-0.39, 0.29) is 6.67 Å². The number of hydrogen-bond acceptors (Lipinski definition) is 1. The van der Waals surface area contributed by atoms with Gasteiger partial charge in [-0.05, 0) is 20.3 Å². The SMILES string of the molecule is Cc1nn(CCCF)c(C)c1CCl. The van der Waals surface area contributed by atoms with Crippen LogP contribution in [0.5, 0.6) is 0 Å².